The molecule has 0 aromatic heterocycles. The lowest BCUT2D eigenvalue weighted by molar-refractivity contribution is 0.759. The van der Waals surface area contributed by atoms with Crippen LogP contribution in [0.2, 0.25) is 0 Å². The Kier molecular flexibility index (Phi) is 2.88. The lowest BCUT2D eigenvalue weighted by atomic mass is 10.1. The molecule has 84 valence electrons. The van der Waals surface area contributed by atoms with Gasteiger partial charge < -0.3 is 0 Å². The molecule has 0 bridgehead atoms. The molecular weight excluding hydrogens is 212 g/mol. The summed E-state index contributed by atoms with van der Waals surface area (Å²) in [4.78, 5) is 1.65. The van der Waals surface area contributed by atoms with Crippen molar-refractivity contribution in [3.63, 3.8) is 0 Å². The Bertz CT molecular complexity index is 478. The monoisotopic (exact) mass is 230 g/mol. The van der Waals surface area contributed by atoms with Crippen LogP contribution in [0.25, 0.3) is 10.8 Å². The van der Waals surface area contributed by atoms with Crippen molar-refractivity contribution in [2.45, 2.75) is 24.2 Å². The second-order valence-electron chi connectivity index (χ2n) is 4.55. The van der Waals surface area contributed by atoms with E-state index in [-0.39, 0.29) is 10.9 Å². The van der Waals surface area contributed by atoms with E-state index < -0.39 is 0 Å². The van der Waals surface area contributed by atoms with E-state index in [4.69, 9.17) is 0 Å². The molecule has 0 aliphatic carbocycles. The van der Waals surface area contributed by atoms with Gasteiger partial charge in [0.1, 0.15) is 0 Å². The average Bonchev–Trinajstić information content (AvgIpc) is 2.39. The number of thiol groups is 1. The summed E-state index contributed by atoms with van der Waals surface area (Å²) in [6.45, 7) is 0. The van der Waals surface area contributed by atoms with Gasteiger partial charge >= 0.3 is 0 Å². The van der Waals surface area contributed by atoms with Gasteiger partial charge in [0, 0.05) is 0 Å². The molecular formula is C15H18S. The van der Waals surface area contributed by atoms with Gasteiger partial charge in [0.15, 0.2) is 0 Å². The topological polar surface area (TPSA) is 0 Å². The van der Waals surface area contributed by atoms with Crippen molar-refractivity contribution in [1.82, 2.24) is 0 Å². The quantitative estimate of drug-likeness (QED) is 0.690. The lowest BCUT2D eigenvalue weighted by Crippen LogP contribution is -2.03. The Morgan fingerprint density at radius 3 is 2.38 bits per heavy atom. The summed E-state index contributed by atoms with van der Waals surface area (Å²) in [6, 6.07) is 15.7. The third-order valence-corrected chi connectivity index (χ3v) is 6.25. The molecule has 1 heteroatoms. The van der Waals surface area contributed by atoms with E-state index in [0.29, 0.717) is 0 Å². The van der Waals surface area contributed by atoms with Crippen molar-refractivity contribution >= 4 is 21.7 Å². The molecule has 0 saturated carbocycles. The van der Waals surface area contributed by atoms with Crippen LogP contribution in [0.15, 0.2) is 47.4 Å². The van der Waals surface area contributed by atoms with Gasteiger partial charge in [0.05, 0.1) is 0 Å². The van der Waals surface area contributed by atoms with E-state index in [2.05, 4.69) is 42.5 Å². The largest absolute Gasteiger partial charge is 0.226 e. The Balaban J connectivity index is 2.08. The van der Waals surface area contributed by atoms with E-state index >= 15 is 0 Å². The molecule has 1 fully saturated rings. The molecule has 1 aliphatic heterocycles. The molecule has 0 unspecified atom stereocenters. The fraction of sp³-hybridized carbons (Fsp3) is 0.333. The molecule has 16 heavy (non-hydrogen) atoms. The van der Waals surface area contributed by atoms with Crippen LogP contribution in [-0.4, -0.2) is 11.5 Å². The fourth-order valence-electron chi connectivity index (χ4n) is 2.62. The normalized spacial score (nSPS) is 18.9. The predicted molar refractivity (Wildman–Crippen MR) is 74.8 cm³/mol. The molecule has 3 rings (SSSR count). The van der Waals surface area contributed by atoms with E-state index in [0.717, 1.165) is 0 Å². The third kappa shape index (κ3) is 1.84. The van der Waals surface area contributed by atoms with Gasteiger partial charge in [-0.25, -0.2) is 10.9 Å². The van der Waals surface area contributed by atoms with Gasteiger partial charge in [-0.1, -0.05) is 42.8 Å². The minimum absolute atomic E-state index is 0.133. The second-order valence-corrected chi connectivity index (χ2v) is 7.00. The number of benzene rings is 2. The second kappa shape index (κ2) is 4.50. The van der Waals surface area contributed by atoms with Crippen LogP contribution in [0.4, 0.5) is 0 Å². The van der Waals surface area contributed by atoms with E-state index in [1.54, 1.807) is 4.90 Å². The minimum atomic E-state index is 0.133. The molecule has 0 N–H and O–H groups in total. The van der Waals surface area contributed by atoms with Crippen LogP contribution in [0.5, 0.6) is 0 Å². The first-order valence-corrected chi connectivity index (χ1v) is 7.89. The molecule has 2 aromatic rings. The molecule has 1 aliphatic rings. The summed E-state index contributed by atoms with van der Waals surface area (Å²) in [5.41, 5.74) is 0. The SMILES string of the molecule is c1ccc2c([SH]3CCCCC3)cccc2c1. The first-order valence-electron chi connectivity index (χ1n) is 6.18. The van der Waals surface area contributed by atoms with Crippen molar-refractivity contribution in [3.8, 4) is 0 Å². The average molecular weight is 230 g/mol. The summed E-state index contributed by atoms with van der Waals surface area (Å²) in [7, 11) is 0.133. The first kappa shape index (κ1) is 10.2. The maximum Gasteiger partial charge on any atom is -0.00462 e. The number of hydrogen-bond acceptors (Lipinski definition) is 0. The highest BCUT2D eigenvalue weighted by atomic mass is 32.2. The maximum atomic E-state index is 2.36. The summed E-state index contributed by atoms with van der Waals surface area (Å²) >= 11 is 0. The van der Waals surface area contributed by atoms with Gasteiger partial charge in [0.25, 0.3) is 0 Å². The Labute approximate surface area is 100 Å². The smallest absolute Gasteiger partial charge is 0.00462 e. The zero-order valence-corrected chi connectivity index (χ0v) is 10.4. The minimum Gasteiger partial charge on any atom is -0.226 e. The highest BCUT2D eigenvalue weighted by Gasteiger charge is 2.13. The molecule has 2 aromatic carbocycles. The predicted octanol–water partition coefficient (Wildman–Crippen LogP) is 4.38. The fourth-order valence-corrected chi connectivity index (χ4v) is 5.38. The molecule has 0 nitrogen and oxygen atoms in total. The van der Waals surface area contributed by atoms with Crippen molar-refractivity contribution < 1.29 is 0 Å². The van der Waals surface area contributed by atoms with Gasteiger partial charge in [-0.15, -0.1) is 0 Å². The number of fused-ring (bicyclic) bond motifs is 1. The summed E-state index contributed by atoms with van der Waals surface area (Å²) in [6.07, 6.45) is 4.33. The Morgan fingerprint density at radius 2 is 1.50 bits per heavy atom. The first-order chi connectivity index (χ1) is 7.95. The van der Waals surface area contributed by atoms with Crippen LogP contribution >= 0.6 is 10.9 Å². The van der Waals surface area contributed by atoms with Crippen LogP contribution in [0.3, 0.4) is 0 Å². The lowest BCUT2D eigenvalue weighted by Gasteiger charge is -2.27. The van der Waals surface area contributed by atoms with Crippen molar-refractivity contribution in [1.29, 1.82) is 0 Å². The van der Waals surface area contributed by atoms with E-state index in [1.165, 1.54) is 41.5 Å². The summed E-state index contributed by atoms with van der Waals surface area (Å²) in [5.74, 6) is 2.90. The molecule has 0 spiro atoms. The zero-order valence-electron chi connectivity index (χ0n) is 9.52. The standard InChI is InChI=1S/C15H18S/c1-4-11-16(12-5-1)15-10-6-8-13-7-2-3-9-14(13)15/h2-3,6-10,16H,1,4-5,11-12H2. The highest BCUT2D eigenvalue weighted by Crippen LogP contribution is 2.44. The number of hydrogen-bond donors (Lipinski definition) is 1. The van der Waals surface area contributed by atoms with Crippen LogP contribution in [-0.2, 0) is 0 Å². The van der Waals surface area contributed by atoms with Gasteiger partial charge in [-0.2, -0.15) is 0 Å². The van der Waals surface area contributed by atoms with Gasteiger partial charge in [-0.3, -0.25) is 0 Å². The molecule has 1 heterocycles. The molecule has 1 saturated heterocycles. The van der Waals surface area contributed by atoms with Crippen LogP contribution < -0.4 is 0 Å². The van der Waals surface area contributed by atoms with Crippen LogP contribution in [0.1, 0.15) is 19.3 Å². The van der Waals surface area contributed by atoms with E-state index in [9.17, 15) is 0 Å². The zero-order chi connectivity index (χ0) is 10.8. The molecule has 0 radical (unpaired) electrons. The van der Waals surface area contributed by atoms with Crippen molar-refractivity contribution in [2.75, 3.05) is 11.5 Å². The Morgan fingerprint density at radius 1 is 0.750 bits per heavy atom. The van der Waals surface area contributed by atoms with Gasteiger partial charge in [0.2, 0.25) is 0 Å². The molecule has 0 atom stereocenters. The molecule has 0 amide bonds. The van der Waals surface area contributed by atoms with Crippen molar-refractivity contribution in [2.24, 2.45) is 0 Å². The maximum absolute atomic E-state index is 2.36. The van der Waals surface area contributed by atoms with Crippen LogP contribution in [0, 0.1) is 0 Å². The highest BCUT2D eigenvalue weighted by molar-refractivity contribution is 8.17. The summed E-state index contributed by atoms with van der Waals surface area (Å²) in [5, 5.41) is 2.91. The summed E-state index contributed by atoms with van der Waals surface area (Å²) < 4.78 is 0. The Hall–Kier alpha value is -0.950. The number of rotatable bonds is 1. The van der Waals surface area contributed by atoms with Gasteiger partial charge in [-0.05, 0) is 46.1 Å². The van der Waals surface area contributed by atoms with Crippen molar-refractivity contribution in [3.05, 3.63) is 42.5 Å². The third-order valence-electron chi connectivity index (χ3n) is 3.46. The van der Waals surface area contributed by atoms with E-state index in [1.807, 2.05) is 0 Å².